The molecular weight excluding hydrogens is 296 g/mol. The monoisotopic (exact) mass is 322 g/mol. The van der Waals surface area contributed by atoms with Gasteiger partial charge in [-0.05, 0) is 29.5 Å². The summed E-state index contributed by atoms with van der Waals surface area (Å²) in [5.74, 6) is 0.461. The molecule has 1 aliphatic rings. The van der Waals surface area contributed by atoms with Gasteiger partial charge in [-0.2, -0.15) is 0 Å². The van der Waals surface area contributed by atoms with Crippen LogP contribution in [-0.2, 0) is 17.6 Å². The third-order valence-corrected chi connectivity index (χ3v) is 5.00. The predicted molar refractivity (Wildman–Crippen MR) is 97.9 cm³/mol. The van der Waals surface area contributed by atoms with Gasteiger partial charge in [-0.1, -0.05) is 61.5 Å². The maximum absolute atomic E-state index is 12.5. The summed E-state index contributed by atoms with van der Waals surface area (Å²) in [6.07, 6.45) is 2.40. The molecule has 1 fully saturated rings. The Balaban J connectivity index is 1.55. The van der Waals surface area contributed by atoms with E-state index in [0.29, 0.717) is 13.0 Å². The number of likely N-dealkylation sites (tertiary alicyclic amines) is 1. The summed E-state index contributed by atoms with van der Waals surface area (Å²) < 4.78 is 0. The van der Waals surface area contributed by atoms with E-state index in [9.17, 15) is 4.79 Å². The number of carbonyl (C=O) groups excluding carboxylic acids is 1. The van der Waals surface area contributed by atoms with Crippen molar-refractivity contribution < 1.29 is 4.79 Å². The average Bonchev–Trinajstić information content (AvgIpc) is 3.02. The van der Waals surface area contributed by atoms with E-state index in [0.717, 1.165) is 19.4 Å². The van der Waals surface area contributed by atoms with Crippen molar-refractivity contribution >= 4 is 5.91 Å². The summed E-state index contributed by atoms with van der Waals surface area (Å²) in [4.78, 5) is 14.5. The summed E-state index contributed by atoms with van der Waals surface area (Å²) in [7, 11) is 0. The van der Waals surface area contributed by atoms with Crippen molar-refractivity contribution in [3.63, 3.8) is 0 Å². The molecule has 1 saturated heterocycles. The zero-order valence-electron chi connectivity index (χ0n) is 14.3. The number of rotatable bonds is 5. The van der Waals surface area contributed by atoms with E-state index in [-0.39, 0.29) is 17.9 Å². The smallest absolute Gasteiger partial charge is 0.222 e. The Bertz CT molecular complexity index is 666. The first-order chi connectivity index (χ1) is 11.7. The minimum atomic E-state index is 0.0280. The van der Waals surface area contributed by atoms with Gasteiger partial charge >= 0.3 is 0 Å². The van der Waals surface area contributed by atoms with Crippen LogP contribution in [0.15, 0.2) is 54.6 Å². The molecule has 3 rings (SSSR count). The Kier molecular flexibility index (Phi) is 5.31. The Morgan fingerprint density at radius 1 is 1.04 bits per heavy atom. The highest BCUT2D eigenvalue weighted by Crippen LogP contribution is 2.26. The van der Waals surface area contributed by atoms with E-state index >= 15 is 0 Å². The first-order valence-corrected chi connectivity index (χ1v) is 8.83. The van der Waals surface area contributed by atoms with Gasteiger partial charge in [-0.3, -0.25) is 4.79 Å². The Morgan fingerprint density at radius 2 is 1.71 bits per heavy atom. The molecule has 2 aromatic rings. The fourth-order valence-corrected chi connectivity index (χ4v) is 3.44. The van der Waals surface area contributed by atoms with Crippen LogP contribution in [0.25, 0.3) is 0 Å². The first-order valence-electron chi connectivity index (χ1n) is 8.83. The molecule has 1 amide bonds. The van der Waals surface area contributed by atoms with Crippen LogP contribution in [-0.4, -0.2) is 29.9 Å². The molecule has 0 saturated carbocycles. The molecule has 0 aliphatic carbocycles. The van der Waals surface area contributed by atoms with Gasteiger partial charge in [-0.15, -0.1) is 0 Å². The number of hydrogen-bond donors (Lipinski definition) is 1. The van der Waals surface area contributed by atoms with Gasteiger partial charge in [0.1, 0.15) is 0 Å². The van der Waals surface area contributed by atoms with E-state index in [1.807, 2.05) is 23.1 Å². The Hall–Kier alpha value is -2.13. The highest BCUT2D eigenvalue weighted by molar-refractivity contribution is 5.77. The van der Waals surface area contributed by atoms with Crippen LogP contribution in [0.1, 0.15) is 36.0 Å². The molecule has 0 unspecified atom stereocenters. The van der Waals surface area contributed by atoms with Gasteiger partial charge in [0.2, 0.25) is 5.91 Å². The molecule has 0 bridgehead atoms. The van der Waals surface area contributed by atoms with Crippen molar-refractivity contribution in [2.24, 2.45) is 5.73 Å². The third-order valence-electron chi connectivity index (χ3n) is 5.00. The first kappa shape index (κ1) is 16.7. The predicted octanol–water partition coefficient (Wildman–Crippen LogP) is 3.13. The minimum absolute atomic E-state index is 0.0280. The SMILES string of the molecule is CCc1ccc(CCC(=O)N2C[C@@H](N)[C@H](c3ccccc3)C2)cc1. The van der Waals surface area contributed by atoms with Gasteiger partial charge in [0.25, 0.3) is 0 Å². The molecule has 24 heavy (non-hydrogen) atoms. The second kappa shape index (κ2) is 7.63. The molecule has 1 aliphatic heterocycles. The molecule has 3 nitrogen and oxygen atoms in total. The Morgan fingerprint density at radius 3 is 2.38 bits per heavy atom. The van der Waals surface area contributed by atoms with Crippen molar-refractivity contribution in [3.8, 4) is 0 Å². The lowest BCUT2D eigenvalue weighted by molar-refractivity contribution is -0.130. The molecular formula is C21H26N2O. The lowest BCUT2D eigenvalue weighted by Gasteiger charge is -2.16. The number of carbonyl (C=O) groups is 1. The Labute approximate surface area is 144 Å². The maximum atomic E-state index is 12.5. The number of aryl methyl sites for hydroxylation is 2. The summed E-state index contributed by atoms with van der Waals surface area (Å²) >= 11 is 0. The van der Waals surface area contributed by atoms with Gasteiger partial charge < -0.3 is 10.6 Å². The third kappa shape index (κ3) is 3.85. The minimum Gasteiger partial charge on any atom is -0.340 e. The van der Waals surface area contributed by atoms with Gasteiger partial charge in [-0.25, -0.2) is 0 Å². The summed E-state index contributed by atoms with van der Waals surface area (Å²) in [6.45, 7) is 3.55. The normalized spacial score (nSPS) is 20.3. The fourth-order valence-electron chi connectivity index (χ4n) is 3.44. The molecule has 2 atom stereocenters. The highest BCUT2D eigenvalue weighted by atomic mass is 16.2. The van der Waals surface area contributed by atoms with E-state index < -0.39 is 0 Å². The van der Waals surface area contributed by atoms with Crippen molar-refractivity contribution in [2.75, 3.05) is 13.1 Å². The van der Waals surface area contributed by atoms with Crippen molar-refractivity contribution in [1.29, 1.82) is 0 Å². The molecule has 3 heteroatoms. The second-order valence-corrected chi connectivity index (χ2v) is 6.65. The van der Waals surface area contributed by atoms with E-state index in [4.69, 9.17) is 5.73 Å². The number of benzene rings is 2. The number of amides is 1. The summed E-state index contributed by atoms with van der Waals surface area (Å²) in [5, 5.41) is 0. The molecule has 2 N–H and O–H groups in total. The fraction of sp³-hybridized carbons (Fsp3) is 0.381. The van der Waals surface area contributed by atoms with Crippen molar-refractivity contribution in [2.45, 2.75) is 38.1 Å². The zero-order valence-corrected chi connectivity index (χ0v) is 14.3. The molecule has 0 aromatic heterocycles. The molecule has 2 aromatic carbocycles. The average molecular weight is 322 g/mol. The lowest BCUT2D eigenvalue weighted by atomic mass is 9.95. The van der Waals surface area contributed by atoms with Gasteiger partial charge in [0.15, 0.2) is 0 Å². The van der Waals surface area contributed by atoms with Gasteiger partial charge in [0.05, 0.1) is 0 Å². The molecule has 126 valence electrons. The number of nitrogens with zero attached hydrogens (tertiary/aromatic N) is 1. The van der Waals surface area contributed by atoms with Crippen molar-refractivity contribution in [1.82, 2.24) is 4.90 Å². The van der Waals surface area contributed by atoms with Crippen LogP contribution in [0.2, 0.25) is 0 Å². The van der Waals surface area contributed by atoms with E-state index in [2.05, 4.69) is 43.3 Å². The second-order valence-electron chi connectivity index (χ2n) is 6.65. The summed E-state index contributed by atoms with van der Waals surface area (Å²) in [5.41, 5.74) is 10.1. The zero-order chi connectivity index (χ0) is 16.9. The van der Waals surface area contributed by atoms with Crippen LogP contribution in [0.5, 0.6) is 0 Å². The number of nitrogens with two attached hydrogens (primary N) is 1. The molecule has 0 radical (unpaired) electrons. The van der Waals surface area contributed by atoms with Crippen LogP contribution in [0, 0.1) is 0 Å². The quantitative estimate of drug-likeness (QED) is 0.919. The lowest BCUT2D eigenvalue weighted by Crippen LogP contribution is -2.32. The van der Waals surface area contributed by atoms with Crippen LogP contribution >= 0.6 is 0 Å². The highest BCUT2D eigenvalue weighted by Gasteiger charge is 2.33. The molecule has 0 spiro atoms. The van der Waals surface area contributed by atoms with Crippen molar-refractivity contribution in [3.05, 3.63) is 71.3 Å². The number of hydrogen-bond acceptors (Lipinski definition) is 2. The summed E-state index contributed by atoms with van der Waals surface area (Å²) in [6, 6.07) is 18.9. The molecule has 1 heterocycles. The topological polar surface area (TPSA) is 46.3 Å². The van der Waals surface area contributed by atoms with Crippen LogP contribution < -0.4 is 5.73 Å². The maximum Gasteiger partial charge on any atom is 0.222 e. The largest absolute Gasteiger partial charge is 0.340 e. The van der Waals surface area contributed by atoms with E-state index in [1.165, 1.54) is 16.7 Å². The van der Waals surface area contributed by atoms with Gasteiger partial charge in [0, 0.05) is 31.5 Å². The van der Waals surface area contributed by atoms with Crippen LogP contribution in [0.3, 0.4) is 0 Å². The standard InChI is InChI=1S/C21H26N2O/c1-2-16-8-10-17(11-9-16)12-13-21(24)23-14-19(20(22)15-23)18-6-4-3-5-7-18/h3-11,19-20H,2,12-15,22H2,1H3/t19-,20+/m0/s1. The van der Waals surface area contributed by atoms with E-state index in [1.54, 1.807) is 0 Å². The van der Waals surface area contributed by atoms with Crippen LogP contribution in [0.4, 0.5) is 0 Å².